The van der Waals surface area contributed by atoms with Gasteiger partial charge in [0.2, 0.25) is 0 Å². The highest BCUT2D eigenvalue weighted by atomic mass is 16.5. The fourth-order valence-corrected chi connectivity index (χ4v) is 3.38. The van der Waals surface area contributed by atoms with Crippen molar-refractivity contribution in [3.63, 3.8) is 0 Å². The van der Waals surface area contributed by atoms with Crippen molar-refractivity contribution >= 4 is 17.0 Å². The molecule has 1 aliphatic rings. The summed E-state index contributed by atoms with van der Waals surface area (Å²) in [6.07, 6.45) is 3.53. The molecule has 1 aromatic heterocycles. The van der Waals surface area contributed by atoms with Gasteiger partial charge in [-0.2, -0.15) is 0 Å². The lowest BCUT2D eigenvalue weighted by Crippen LogP contribution is -2.27. The van der Waals surface area contributed by atoms with E-state index in [-0.39, 0.29) is 34.0 Å². The molecule has 0 unspecified atom stereocenters. The lowest BCUT2D eigenvalue weighted by molar-refractivity contribution is 0.158. The Morgan fingerprint density at radius 2 is 1.79 bits per heavy atom. The van der Waals surface area contributed by atoms with Crippen molar-refractivity contribution in [3.8, 4) is 40.1 Å². The molecule has 7 nitrogen and oxygen atoms in total. The van der Waals surface area contributed by atoms with Gasteiger partial charge >= 0.3 is 0 Å². The lowest BCUT2D eigenvalue weighted by atomic mass is 9.99. The molecule has 0 atom stereocenters. The van der Waals surface area contributed by atoms with Gasteiger partial charge in [-0.05, 0) is 32.1 Å². The minimum absolute atomic E-state index is 0.0477. The first-order valence-corrected chi connectivity index (χ1v) is 8.91. The quantitative estimate of drug-likeness (QED) is 0.688. The molecule has 2 aromatic carbocycles. The molecule has 29 heavy (non-hydrogen) atoms. The predicted molar refractivity (Wildman–Crippen MR) is 108 cm³/mol. The Morgan fingerprint density at radius 3 is 2.48 bits per heavy atom. The van der Waals surface area contributed by atoms with E-state index in [0.29, 0.717) is 22.6 Å². The summed E-state index contributed by atoms with van der Waals surface area (Å²) in [6, 6.07) is 5.80. The van der Waals surface area contributed by atoms with E-state index in [4.69, 9.17) is 18.6 Å². The summed E-state index contributed by atoms with van der Waals surface area (Å²) in [5.41, 5.74) is -0.0918. The molecule has 0 fully saturated rings. The monoisotopic (exact) mass is 396 g/mol. The number of fused-ring (bicyclic) bond motifs is 2. The first kappa shape index (κ1) is 18.7. The molecule has 7 heteroatoms. The second kappa shape index (κ2) is 6.48. The Kier molecular flexibility index (Phi) is 4.19. The minimum Gasteiger partial charge on any atom is -0.506 e. The Bertz CT molecular complexity index is 1220. The maximum atomic E-state index is 12.8. The highest BCUT2D eigenvalue weighted by Crippen LogP contribution is 2.44. The SMILES string of the molecule is COc1cc(O)c(OC)c(-c2cc(=O)c3c(O)c4c(cc3o2)OC(C)(C)C=C4)c1. The van der Waals surface area contributed by atoms with Crippen molar-refractivity contribution in [1.29, 1.82) is 0 Å². The summed E-state index contributed by atoms with van der Waals surface area (Å²) in [5, 5.41) is 20.9. The molecular formula is C22H20O7. The summed E-state index contributed by atoms with van der Waals surface area (Å²) in [7, 11) is 2.85. The molecule has 0 aliphatic carbocycles. The Labute approximate surface area is 166 Å². The van der Waals surface area contributed by atoms with Crippen molar-refractivity contribution in [2.45, 2.75) is 19.4 Å². The topological polar surface area (TPSA) is 98.4 Å². The standard InChI is InChI=1S/C22H20O7/c1-22(2)6-5-12-17(29-22)10-18-19(20(12)25)14(23)9-16(28-18)13-7-11(26-3)8-15(24)21(13)27-4/h5-10,24-25H,1-4H3. The summed E-state index contributed by atoms with van der Waals surface area (Å²) < 4.78 is 22.3. The fourth-order valence-electron chi connectivity index (χ4n) is 3.38. The van der Waals surface area contributed by atoms with Crippen LogP contribution in [0.1, 0.15) is 19.4 Å². The molecule has 0 saturated heterocycles. The molecule has 150 valence electrons. The van der Waals surface area contributed by atoms with Gasteiger partial charge in [0.05, 0.1) is 25.3 Å². The van der Waals surface area contributed by atoms with Crippen molar-refractivity contribution in [2.75, 3.05) is 14.2 Å². The van der Waals surface area contributed by atoms with Gasteiger partial charge in [-0.25, -0.2) is 0 Å². The Balaban J connectivity index is 2.00. The van der Waals surface area contributed by atoms with Crippen LogP contribution in [-0.4, -0.2) is 30.0 Å². The third-order valence-corrected chi connectivity index (χ3v) is 4.77. The number of hydrogen-bond acceptors (Lipinski definition) is 7. The third-order valence-electron chi connectivity index (χ3n) is 4.77. The van der Waals surface area contributed by atoms with Crippen LogP contribution < -0.4 is 19.6 Å². The smallest absolute Gasteiger partial charge is 0.197 e. The van der Waals surface area contributed by atoms with Crippen LogP contribution in [0.4, 0.5) is 0 Å². The molecule has 2 heterocycles. The third kappa shape index (κ3) is 3.04. The van der Waals surface area contributed by atoms with Gasteiger partial charge in [0.15, 0.2) is 16.9 Å². The first-order valence-electron chi connectivity index (χ1n) is 8.91. The first-order chi connectivity index (χ1) is 13.7. The van der Waals surface area contributed by atoms with Gasteiger partial charge < -0.3 is 28.8 Å². The number of phenolic OH excluding ortho intramolecular Hbond substituents is 2. The fraction of sp³-hybridized carbons (Fsp3) is 0.227. The summed E-state index contributed by atoms with van der Waals surface area (Å²) in [6.45, 7) is 3.76. The van der Waals surface area contributed by atoms with Gasteiger partial charge in [-0.1, -0.05) is 0 Å². The highest BCUT2D eigenvalue weighted by Gasteiger charge is 2.27. The van der Waals surface area contributed by atoms with E-state index in [1.165, 1.54) is 26.4 Å². The minimum atomic E-state index is -0.563. The van der Waals surface area contributed by atoms with E-state index in [1.54, 1.807) is 24.3 Å². The number of rotatable bonds is 3. The maximum Gasteiger partial charge on any atom is 0.197 e. The summed E-state index contributed by atoms with van der Waals surface area (Å²) >= 11 is 0. The number of phenols is 2. The van der Waals surface area contributed by atoms with Crippen molar-refractivity contribution in [3.05, 3.63) is 46.1 Å². The number of ether oxygens (including phenoxy) is 3. The maximum absolute atomic E-state index is 12.8. The molecule has 2 N–H and O–H groups in total. The molecule has 0 amide bonds. The Hall–Kier alpha value is -3.61. The Morgan fingerprint density at radius 1 is 1.03 bits per heavy atom. The van der Waals surface area contributed by atoms with E-state index in [0.717, 1.165) is 0 Å². The molecule has 0 radical (unpaired) electrons. The number of benzene rings is 2. The zero-order valence-corrected chi connectivity index (χ0v) is 16.4. The van der Waals surface area contributed by atoms with Crippen molar-refractivity contribution < 1.29 is 28.8 Å². The van der Waals surface area contributed by atoms with Crippen LogP contribution in [0.15, 0.2) is 39.6 Å². The highest BCUT2D eigenvalue weighted by molar-refractivity contribution is 5.92. The van der Waals surface area contributed by atoms with Gasteiger partial charge in [-0.15, -0.1) is 0 Å². The van der Waals surface area contributed by atoms with E-state index in [2.05, 4.69) is 0 Å². The summed E-state index contributed by atoms with van der Waals surface area (Å²) in [4.78, 5) is 12.8. The van der Waals surface area contributed by atoms with E-state index in [9.17, 15) is 15.0 Å². The molecule has 1 aliphatic heterocycles. The van der Waals surface area contributed by atoms with Gasteiger partial charge in [-0.3, -0.25) is 4.79 Å². The predicted octanol–water partition coefficient (Wildman–Crippen LogP) is 4.07. The van der Waals surface area contributed by atoms with Crippen molar-refractivity contribution in [2.24, 2.45) is 0 Å². The second-order valence-corrected chi connectivity index (χ2v) is 7.25. The largest absolute Gasteiger partial charge is 0.506 e. The van der Waals surface area contributed by atoms with Crippen LogP contribution in [0.2, 0.25) is 0 Å². The number of aromatic hydroxyl groups is 2. The summed E-state index contributed by atoms with van der Waals surface area (Å²) in [5.74, 6) is 0.695. The molecule has 3 aromatic rings. The van der Waals surface area contributed by atoms with E-state index >= 15 is 0 Å². The molecule has 0 saturated carbocycles. The molecular weight excluding hydrogens is 376 g/mol. The van der Waals surface area contributed by atoms with Crippen LogP contribution in [-0.2, 0) is 0 Å². The van der Waals surface area contributed by atoms with Gasteiger partial charge in [0, 0.05) is 18.2 Å². The zero-order valence-electron chi connectivity index (χ0n) is 16.4. The van der Waals surface area contributed by atoms with Crippen LogP contribution in [0.3, 0.4) is 0 Å². The normalized spacial score (nSPS) is 14.3. The molecule has 0 spiro atoms. The molecule has 0 bridgehead atoms. The average molecular weight is 396 g/mol. The number of hydrogen-bond donors (Lipinski definition) is 2. The second-order valence-electron chi connectivity index (χ2n) is 7.25. The average Bonchev–Trinajstić information content (AvgIpc) is 2.65. The van der Waals surface area contributed by atoms with Crippen LogP contribution in [0.5, 0.6) is 28.7 Å². The van der Waals surface area contributed by atoms with Gasteiger partial charge in [0.25, 0.3) is 0 Å². The van der Waals surface area contributed by atoms with E-state index in [1.807, 2.05) is 13.8 Å². The van der Waals surface area contributed by atoms with Gasteiger partial charge in [0.1, 0.15) is 39.6 Å². The van der Waals surface area contributed by atoms with E-state index < -0.39 is 11.0 Å². The molecule has 4 rings (SSSR count). The van der Waals surface area contributed by atoms with Crippen LogP contribution >= 0.6 is 0 Å². The number of methoxy groups -OCH3 is 2. The van der Waals surface area contributed by atoms with Crippen molar-refractivity contribution in [1.82, 2.24) is 0 Å². The van der Waals surface area contributed by atoms with Crippen LogP contribution in [0, 0.1) is 0 Å². The van der Waals surface area contributed by atoms with Crippen LogP contribution in [0.25, 0.3) is 28.4 Å². The zero-order chi connectivity index (χ0) is 20.9. The lowest BCUT2D eigenvalue weighted by Gasteiger charge is -2.28.